The molecule has 1 N–H and O–H groups in total. The van der Waals surface area contributed by atoms with E-state index in [9.17, 15) is 9.18 Å². The normalized spacial score (nSPS) is 10.2. The van der Waals surface area contributed by atoms with Crippen LogP contribution >= 0.6 is 11.6 Å². The second-order valence-electron chi connectivity index (χ2n) is 3.35. The van der Waals surface area contributed by atoms with Crippen molar-refractivity contribution in [3.63, 3.8) is 0 Å². The lowest BCUT2D eigenvalue weighted by atomic mass is 10.0. The van der Waals surface area contributed by atoms with Crippen LogP contribution in [0.15, 0.2) is 36.7 Å². The van der Waals surface area contributed by atoms with Gasteiger partial charge in [-0.25, -0.2) is 9.18 Å². The number of carbonyl (C=O) groups is 1. The van der Waals surface area contributed by atoms with Gasteiger partial charge in [-0.1, -0.05) is 11.6 Å². The molecule has 0 radical (unpaired) electrons. The minimum atomic E-state index is -1.25. The molecule has 0 aliphatic rings. The molecule has 17 heavy (non-hydrogen) atoms. The molecule has 0 spiro atoms. The standard InChI is InChI=1S/C12H7ClFNO2/c13-10-5-8(7-1-3-15-4-2-7)11(14)6-9(10)12(16)17/h1-6H,(H,16,17). The van der Waals surface area contributed by atoms with Crippen molar-refractivity contribution in [3.05, 3.63) is 53.1 Å². The summed E-state index contributed by atoms with van der Waals surface area (Å²) in [6.45, 7) is 0. The van der Waals surface area contributed by atoms with Gasteiger partial charge in [-0.2, -0.15) is 0 Å². The molecule has 0 aliphatic heterocycles. The molecule has 0 unspecified atom stereocenters. The van der Waals surface area contributed by atoms with Crippen LogP contribution in [0.1, 0.15) is 10.4 Å². The average molecular weight is 252 g/mol. The van der Waals surface area contributed by atoms with E-state index in [0.717, 1.165) is 6.07 Å². The fourth-order valence-electron chi connectivity index (χ4n) is 1.46. The van der Waals surface area contributed by atoms with Gasteiger partial charge in [0.2, 0.25) is 0 Å². The lowest BCUT2D eigenvalue weighted by molar-refractivity contribution is 0.0696. The maximum atomic E-state index is 13.7. The highest BCUT2D eigenvalue weighted by atomic mass is 35.5. The molecule has 0 amide bonds. The van der Waals surface area contributed by atoms with Crippen molar-refractivity contribution in [2.24, 2.45) is 0 Å². The molecular weight excluding hydrogens is 245 g/mol. The van der Waals surface area contributed by atoms with Crippen LogP contribution in [0.2, 0.25) is 5.02 Å². The number of hydrogen-bond acceptors (Lipinski definition) is 2. The van der Waals surface area contributed by atoms with E-state index < -0.39 is 11.8 Å². The Balaban J connectivity index is 2.58. The molecule has 1 aromatic carbocycles. The molecule has 0 bridgehead atoms. The van der Waals surface area contributed by atoms with Crippen LogP contribution in [-0.2, 0) is 0 Å². The molecule has 2 rings (SSSR count). The molecule has 0 aliphatic carbocycles. The Morgan fingerprint density at radius 1 is 1.29 bits per heavy atom. The number of aromatic carboxylic acids is 1. The van der Waals surface area contributed by atoms with Crippen LogP contribution in [0.25, 0.3) is 11.1 Å². The first-order valence-corrected chi connectivity index (χ1v) is 5.10. The number of rotatable bonds is 2. The van der Waals surface area contributed by atoms with Crippen molar-refractivity contribution in [1.82, 2.24) is 4.98 Å². The molecule has 1 heterocycles. The summed E-state index contributed by atoms with van der Waals surface area (Å²) < 4.78 is 13.7. The Kier molecular flexibility index (Phi) is 3.06. The molecule has 5 heteroatoms. The van der Waals surface area contributed by atoms with Crippen molar-refractivity contribution in [2.45, 2.75) is 0 Å². The molecule has 2 aromatic rings. The predicted octanol–water partition coefficient (Wildman–Crippen LogP) is 3.24. The highest BCUT2D eigenvalue weighted by molar-refractivity contribution is 6.33. The Hall–Kier alpha value is -1.94. The molecule has 0 saturated heterocycles. The third-order valence-electron chi connectivity index (χ3n) is 2.28. The third-order valence-corrected chi connectivity index (χ3v) is 2.59. The molecule has 0 atom stereocenters. The largest absolute Gasteiger partial charge is 0.478 e. The zero-order chi connectivity index (χ0) is 12.4. The van der Waals surface area contributed by atoms with Crippen molar-refractivity contribution >= 4 is 17.6 Å². The van der Waals surface area contributed by atoms with E-state index in [1.807, 2.05) is 0 Å². The fraction of sp³-hybridized carbons (Fsp3) is 0. The quantitative estimate of drug-likeness (QED) is 0.891. The van der Waals surface area contributed by atoms with Gasteiger partial charge in [-0.3, -0.25) is 4.98 Å². The first kappa shape index (κ1) is 11.5. The van der Waals surface area contributed by atoms with E-state index in [2.05, 4.69) is 4.98 Å². The van der Waals surface area contributed by atoms with Gasteiger partial charge in [0.15, 0.2) is 0 Å². The van der Waals surface area contributed by atoms with Crippen LogP contribution in [0.4, 0.5) is 4.39 Å². The number of benzene rings is 1. The van der Waals surface area contributed by atoms with E-state index in [1.54, 1.807) is 12.1 Å². The lowest BCUT2D eigenvalue weighted by Crippen LogP contribution is -1.99. The highest BCUT2D eigenvalue weighted by Crippen LogP contribution is 2.28. The smallest absolute Gasteiger partial charge is 0.337 e. The summed E-state index contributed by atoms with van der Waals surface area (Å²) in [6.07, 6.45) is 3.04. The first-order chi connectivity index (χ1) is 8.09. The highest BCUT2D eigenvalue weighted by Gasteiger charge is 2.14. The molecule has 1 aromatic heterocycles. The van der Waals surface area contributed by atoms with E-state index in [1.165, 1.54) is 18.5 Å². The minimum Gasteiger partial charge on any atom is -0.478 e. The number of carboxylic acid groups (broad SMARTS) is 1. The van der Waals surface area contributed by atoms with E-state index >= 15 is 0 Å². The van der Waals surface area contributed by atoms with Gasteiger partial charge in [0.05, 0.1) is 10.6 Å². The number of aromatic nitrogens is 1. The zero-order valence-corrected chi connectivity index (χ0v) is 9.28. The van der Waals surface area contributed by atoms with Crippen molar-refractivity contribution in [3.8, 4) is 11.1 Å². The Bertz CT molecular complexity index is 572. The van der Waals surface area contributed by atoms with Crippen molar-refractivity contribution in [2.75, 3.05) is 0 Å². The van der Waals surface area contributed by atoms with Gasteiger partial charge < -0.3 is 5.11 Å². The summed E-state index contributed by atoms with van der Waals surface area (Å²) in [5, 5.41) is 8.80. The Labute approximate surface area is 101 Å². The van der Waals surface area contributed by atoms with E-state index in [-0.39, 0.29) is 16.1 Å². The summed E-state index contributed by atoms with van der Waals surface area (Å²) in [6, 6.07) is 5.46. The SMILES string of the molecule is O=C(O)c1cc(F)c(-c2ccncc2)cc1Cl. The Morgan fingerprint density at radius 3 is 2.53 bits per heavy atom. The van der Waals surface area contributed by atoms with E-state index in [4.69, 9.17) is 16.7 Å². The number of halogens is 2. The monoisotopic (exact) mass is 251 g/mol. The van der Waals surface area contributed by atoms with Gasteiger partial charge in [0.1, 0.15) is 5.82 Å². The summed E-state index contributed by atoms with van der Waals surface area (Å²) >= 11 is 5.78. The molecule has 3 nitrogen and oxygen atoms in total. The number of carboxylic acids is 1. The summed E-state index contributed by atoms with van der Waals surface area (Å²) in [5.41, 5.74) is 0.598. The van der Waals surface area contributed by atoms with E-state index in [0.29, 0.717) is 5.56 Å². The number of pyridine rings is 1. The summed E-state index contributed by atoms with van der Waals surface area (Å²) in [4.78, 5) is 14.6. The van der Waals surface area contributed by atoms with Crippen LogP contribution < -0.4 is 0 Å². The third kappa shape index (κ3) is 2.26. The number of nitrogens with zero attached hydrogens (tertiary/aromatic N) is 1. The first-order valence-electron chi connectivity index (χ1n) is 4.72. The van der Waals surface area contributed by atoms with Crippen LogP contribution in [-0.4, -0.2) is 16.1 Å². The second-order valence-corrected chi connectivity index (χ2v) is 3.76. The minimum absolute atomic E-state index is 0.00529. The fourth-order valence-corrected chi connectivity index (χ4v) is 1.71. The maximum Gasteiger partial charge on any atom is 0.337 e. The maximum absolute atomic E-state index is 13.7. The molecule has 0 fully saturated rings. The van der Waals surface area contributed by atoms with Crippen LogP contribution in [0.3, 0.4) is 0 Å². The van der Waals surface area contributed by atoms with Crippen molar-refractivity contribution < 1.29 is 14.3 Å². The van der Waals surface area contributed by atoms with Gasteiger partial charge in [0, 0.05) is 18.0 Å². The van der Waals surface area contributed by atoms with Gasteiger partial charge in [-0.15, -0.1) is 0 Å². The van der Waals surface area contributed by atoms with Gasteiger partial charge in [0.25, 0.3) is 0 Å². The molecule has 0 saturated carbocycles. The predicted molar refractivity (Wildman–Crippen MR) is 61.6 cm³/mol. The summed E-state index contributed by atoms with van der Waals surface area (Å²) in [7, 11) is 0. The topological polar surface area (TPSA) is 50.2 Å². The van der Waals surface area contributed by atoms with Crippen LogP contribution in [0, 0.1) is 5.82 Å². The lowest BCUT2D eigenvalue weighted by Gasteiger charge is -2.06. The Morgan fingerprint density at radius 2 is 1.94 bits per heavy atom. The number of hydrogen-bond donors (Lipinski definition) is 1. The van der Waals surface area contributed by atoms with Crippen molar-refractivity contribution in [1.29, 1.82) is 0 Å². The summed E-state index contributed by atoms with van der Waals surface area (Å²) in [5.74, 6) is -1.88. The average Bonchev–Trinajstić information content (AvgIpc) is 2.32. The molecular formula is C12H7ClFNO2. The zero-order valence-electron chi connectivity index (χ0n) is 8.52. The second kappa shape index (κ2) is 4.51. The van der Waals surface area contributed by atoms with Crippen LogP contribution in [0.5, 0.6) is 0 Å². The van der Waals surface area contributed by atoms with Gasteiger partial charge >= 0.3 is 5.97 Å². The van der Waals surface area contributed by atoms with Gasteiger partial charge in [-0.05, 0) is 29.8 Å². The molecule has 86 valence electrons.